The zero-order valence-corrected chi connectivity index (χ0v) is 81.3. The Morgan fingerprint density at radius 3 is 1.16 bits per heavy atom. The van der Waals surface area contributed by atoms with Gasteiger partial charge in [0.25, 0.3) is 16.7 Å². The molecule has 0 spiro atoms. The SMILES string of the molecule is COc1ccc(Cn2cc(-c3[nH]c(=S)nc4sccc34)cc(F)c2=O)cc1F.COc1ccc(Cn2cc(-c3nc(S(=O)(=O)CCC(OCc4ccccc4F)c4ccccc4)nc4sccc34)cc(F)c2=O)cc1F.COc1ccc(Cn2cc(-c3nc(S(=O)CCC(OCc4ccccc4F)c4ccccc4)nc4sccc34)cc(F)c2=O)cc1F.Fc1ccccc1COC(CCCl)c1ccccc1. The lowest BCUT2D eigenvalue weighted by Crippen LogP contribution is -2.23. The van der Waals surface area contributed by atoms with Gasteiger partial charge in [-0.15, -0.1) is 45.6 Å². The molecule has 0 saturated heterocycles. The van der Waals surface area contributed by atoms with Gasteiger partial charge in [-0.25, -0.2) is 72.9 Å². The van der Waals surface area contributed by atoms with Crippen molar-refractivity contribution in [2.75, 3.05) is 38.7 Å². The highest BCUT2D eigenvalue weighted by atomic mass is 35.5. The lowest BCUT2D eigenvalue weighted by atomic mass is 10.1. The lowest BCUT2D eigenvalue weighted by molar-refractivity contribution is 0.0360. The number of aromatic nitrogens is 9. The topological polar surface area (TPSA) is 253 Å². The molecule has 1 N–H and O–H groups in total. The van der Waals surface area contributed by atoms with Crippen molar-refractivity contribution in [3.8, 4) is 51.0 Å². The molecule has 0 fully saturated rings. The molecule has 9 aromatic carbocycles. The monoisotopic (exact) mass is 2060 g/mol. The van der Waals surface area contributed by atoms with Crippen LogP contribution in [0.5, 0.6) is 17.2 Å². The quantitative estimate of drug-likeness (QED) is 0.0170. The van der Waals surface area contributed by atoms with E-state index in [-0.39, 0.29) is 113 Å². The highest BCUT2D eigenvalue weighted by Crippen LogP contribution is 2.37. The van der Waals surface area contributed by atoms with Crippen molar-refractivity contribution >= 4 is 109 Å². The number of rotatable bonds is 34. The summed E-state index contributed by atoms with van der Waals surface area (Å²) in [5.41, 5.74) is 4.49. The summed E-state index contributed by atoms with van der Waals surface area (Å²) in [6.07, 6.45) is 4.09. The fourth-order valence-corrected chi connectivity index (χ4v) is 20.3. The molecule has 0 saturated carbocycles. The van der Waals surface area contributed by atoms with Gasteiger partial charge in [-0.3, -0.25) is 18.6 Å². The van der Waals surface area contributed by atoms with E-state index >= 15 is 8.78 Å². The number of hydrogen-bond donors (Lipinski definition) is 1. The highest BCUT2D eigenvalue weighted by Gasteiger charge is 2.28. The summed E-state index contributed by atoms with van der Waals surface area (Å²) in [7, 11) is -1.78. The van der Waals surface area contributed by atoms with Gasteiger partial charge in [0.1, 0.15) is 31.9 Å². The number of hydrogen-bond acceptors (Lipinski definition) is 21. The van der Waals surface area contributed by atoms with Crippen LogP contribution >= 0.6 is 57.8 Å². The molecule has 0 bridgehead atoms. The number of H-pyrrole nitrogens is 1. The number of alkyl halides is 1. The van der Waals surface area contributed by atoms with Crippen LogP contribution in [0.25, 0.3) is 64.4 Å². The fraction of sp³-hybridized carbons (Fsp3) is 0.171. The Morgan fingerprint density at radius 1 is 0.401 bits per heavy atom. The average molecular weight is 2060 g/mol. The molecular weight excluding hydrogens is 1980 g/mol. The van der Waals surface area contributed by atoms with Crippen LogP contribution in [0.15, 0.2) is 314 Å². The fourth-order valence-electron chi connectivity index (χ4n) is 15.2. The Balaban J connectivity index is 0.000000151. The third-order valence-corrected chi connectivity index (χ3v) is 27.9. The minimum absolute atomic E-state index is 0.00308. The molecule has 4 unspecified atom stereocenters. The number of nitrogens with zero attached hydrogens (tertiary/aromatic N) is 8. The second kappa shape index (κ2) is 48.1. The lowest BCUT2D eigenvalue weighted by Gasteiger charge is -2.19. The molecule has 0 aliphatic rings. The maximum Gasteiger partial charge on any atom is 0.286 e. The molecule has 0 aliphatic heterocycles. The van der Waals surface area contributed by atoms with Crippen LogP contribution in [0.3, 0.4) is 0 Å². The van der Waals surface area contributed by atoms with E-state index < -0.39 is 101 Å². The first-order valence-corrected chi connectivity index (χ1v) is 50.3. The van der Waals surface area contributed by atoms with E-state index in [0.717, 1.165) is 43.8 Å². The molecule has 142 heavy (non-hydrogen) atoms. The molecule has 37 heteroatoms. The molecule has 728 valence electrons. The summed E-state index contributed by atoms with van der Waals surface area (Å²) in [5.74, 6) is -5.45. The molecule has 21 nitrogen and oxygen atoms in total. The molecule has 9 heterocycles. The van der Waals surface area contributed by atoms with E-state index in [1.807, 2.05) is 78.2 Å². The molecular formula is C105H85ClF9N9O12S6. The van der Waals surface area contributed by atoms with Crippen LogP contribution in [-0.4, -0.2) is 94.9 Å². The second-order valence-corrected chi connectivity index (χ2v) is 38.7. The summed E-state index contributed by atoms with van der Waals surface area (Å²) < 4.78 is 207. The third kappa shape index (κ3) is 25.7. The number of ether oxygens (including phenoxy) is 6. The van der Waals surface area contributed by atoms with Crippen LogP contribution in [0.1, 0.15) is 87.6 Å². The number of benzene rings is 9. The first-order chi connectivity index (χ1) is 68.7. The summed E-state index contributed by atoms with van der Waals surface area (Å²) in [6, 6.07) is 68.8. The summed E-state index contributed by atoms with van der Waals surface area (Å²) >= 11 is 14.9. The van der Waals surface area contributed by atoms with E-state index in [2.05, 4.69) is 29.9 Å². The predicted octanol–water partition coefficient (Wildman–Crippen LogP) is 23.8. The zero-order chi connectivity index (χ0) is 100. The summed E-state index contributed by atoms with van der Waals surface area (Å²) in [6.45, 7) is -0.0495. The van der Waals surface area contributed by atoms with Gasteiger partial charge in [0.15, 0.2) is 56.9 Å². The van der Waals surface area contributed by atoms with Crippen molar-refractivity contribution in [2.45, 2.75) is 87.3 Å². The molecule has 18 rings (SSSR count). The molecule has 9 aromatic heterocycles. The largest absolute Gasteiger partial charge is 0.494 e. The Labute approximate surface area is 832 Å². The number of halogens is 10. The highest BCUT2D eigenvalue weighted by molar-refractivity contribution is 7.91. The second-order valence-electron chi connectivity index (χ2n) is 31.8. The predicted molar refractivity (Wildman–Crippen MR) is 534 cm³/mol. The summed E-state index contributed by atoms with van der Waals surface area (Å²) in [4.78, 5) is 64.4. The van der Waals surface area contributed by atoms with Gasteiger partial charge >= 0.3 is 0 Å². The smallest absolute Gasteiger partial charge is 0.286 e. The number of sulfone groups is 1. The van der Waals surface area contributed by atoms with Crippen molar-refractivity contribution in [3.63, 3.8) is 0 Å². The third-order valence-electron chi connectivity index (χ3n) is 22.4. The maximum absolute atomic E-state index is 15.1. The first kappa shape index (κ1) is 103. The van der Waals surface area contributed by atoms with Gasteiger partial charge in [-0.05, 0) is 172 Å². The molecule has 4 atom stereocenters. The van der Waals surface area contributed by atoms with E-state index in [9.17, 15) is 57.7 Å². The van der Waals surface area contributed by atoms with E-state index in [1.165, 1.54) is 133 Å². The van der Waals surface area contributed by atoms with Crippen LogP contribution in [0.4, 0.5) is 39.5 Å². The van der Waals surface area contributed by atoms with Gasteiger partial charge in [0, 0.05) is 79.8 Å². The van der Waals surface area contributed by atoms with Gasteiger partial charge < -0.3 is 47.1 Å². The minimum atomic E-state index is -4.13. The normalized spacial score (nSPS) is 12.2. The molecule has 0 aliphatic carbocycles. The number of fused-ring (bicyclic) bond motifs is 3. The number of pyridine rings is 3. The van der Waals surface area contributed by atoms with E-state index in [4.69, 9.17) is 52.2 Å². The van der Waals surface area contributed by atoms with Crippen molar-refractivity contribution in [1.82, 2.24) is 43.6 Å². The average Bonchev–Trinajstić information content (AvgIpc) is 1.75. The van der Waals surface area contributed by atoms with Gasteiger partial charge in [0.2, 0.25) is 20.2 Å². The van der Waals surface area contributed by atoms with Crippen molar-refractivity contribution < 1.29 is 80.6 Å². The van der Waals surface area contributed by atoms with Crippen LogP contribution in [0, 0.1) is 57.1 Å². The Kier molecular flexibility index (Phi) is 34.8. The van der Waals surface area contributed by atoms with E-state index in [1.54, 1.807) is 120 Å². The minimum Gasteiger partial charge on any atom is -0.494 e. The number of methoxy groups -OCH3 is 3. The first-order valence-electron chi connectivity index (χ1n) is 43.7. The van der Waals surface area contributed by atoms with Gasteiger partial charge in [0.05, 0.1) is 113 Å². The van der Waals surface area contributed by atoms with Gasteiger partial charge in [-0.2, -0.15) is 0 Å². The molecule has 18 aromatic rings. The number of nitrogens with one attached hydrogen (secondary N) is 1. The van der Waals surface area contributed by atoms with Crippen LogP contribution in [-0.2, 0) is 74.3 Å². The number of thiophene rings is 3. The maximum atomic E-state index is 15.1. The number of aromatic amines is 1. The van der Waals surface area contributed by atoms with Gasteiger partial charge in [-0.1, -0.05) is 164 Å². The van der Waals surface area contributed by atoms with Crippen molar-refractivity contribution in [1.29, 1.82) is 0 Å². The standard InChI is InChI=1S/C35H28F3N3O5S2.C35H28F3N3O4S2.C19H13F2N3O2S2.C16H16ClFO/c1-45-31-12-11-22(17-28(31)37)19-41-20-25(18-29(38)34(41)42)32-26-13-15-47-33(26)40-35(39-32)48(43,44)16-14-30(23-7-3-2-4-8-23)46-21-24-9-5-6-10-27(24)36;1-44-31-12-11-22(17-28(31)37)19-41-20-25(18-29(38)34(41)42)32-26-13-15-46-33(26)40-35(39-32)47(43)16-14-30(23-7-3-2-4-8-23)45-21-24-9-5-6-10-27(24)36;1-26-15-3-2-10(6-13(15)20)8-24-9-11(7-14(21)18(24)25)16-12-4-5-28-17(12)23-19(27)22-16;17-11-10-16(13-6-2-1-3-7-13)19-12-14-8-4-5-9-15(14)18/h2-13,15,17-18,20,30H,14,16,19,21H2,1H3;2-13,15,17-18,20,30H,14,16,19,21H2,1H3;2-7,9H,8H2,1H3,(H,22,23,27);1-9,16H,10-12H2. The van der Waals surface area contributed by atoms with Crippen molar-refractivity contribution in [3.05, 3.63) is 428 Å². The molecule has 0 amide bonds. The zero-order valence-electron chi connectivity index (χ0n) is 75.6. The van der Waals surface area contributed by atoms with E-state index in [0.29, 0.717) is 99.9 Å². The Bertz CT molecular complexity index is 7930. The summed E-state index contributed by atoms with van der Waals surface area (Å²) in [5, 5.41) is 6.78. The molecule has 0 radical (unpaired) electrons. The Morgan fingerprint density at radius 2 is 0.761 bits per heavy atom. The Hall–Kier alpha value is -13.8. The van der Waals surface area contributed by atoms with Crippen molar-refractivity contribution in [2.24, 2.45) is 0 Å². The van der Waals surface area contributed by atoms with Crippen LogP contribution in [0.2, 0.25) is 0 Å². The van der Waals surface area contributed by atoms with Crippen LogP contribution < -0.4 is 30.9 Å².